The average Bonchev–Trinajstić information content (AvgIpc) is 3.03. The maximum absolute atomic E-state index is 12.2. The highest BCUT2D eigenvalue weighted by atomic mass is 16.5. The summed E-state index contributed by atoms with van der Waals surface area (Å²) in [5.74, 6) is -0.208. The van der Waals surface area contributed by atoms with Crippen molar-refractivity contribution >= 4 is 22.7 Å². The first-order chi connectivity index (χ1) is 12.1. The van der Waals surface area contributed by atoms with Crippen LogP contribution >= 0.6 is 0 Å². The van der Waals surface area contributed by atoms with E-state index in [1.54, 1.807) is 11.6 Å². The van der Waals surface area contributed by atoms with Crippen molar-refractivity contribution in [3.05, 3.63) is 48.0 Å². The number of fused-ring (bicyclic) bond motifs is 1. The van der Waals surface area contributed by atoms with E-state index in [-0.39, 0.29) is 11.5 Å². The van der Waals surface area contributed by atoms with Crippen LogP contribution in [0.4, 0.5) is 0 Å². The third kappa shape index (κ3) is 3.57. The highest BCUT2D eigenvalue weighted by Gasteiger charge is 2.10. The molecule has 0 radical (unpaired) electrons. The smallest absolute Gasteiger partial charge is 0.271 e. The maximum atomic E-state index is 12.2. The number of aromatic hydroxyl groups is 1. The van der Waals surface area contributed by atoms with Gasteiger partial charge < -0.3 is 9.84 Å². The highest BCUT2D eigenvalue weighted by molar-refractivity contribution is 5.96. The second-order valence-corrected chi connectivity index (χ2v) is 5.41. The zero-order chi connectivity index (χ0) is 17.8. The third-order valence-corrected chi connectivity index (χ3v) is 3.59. The molecule has 8 nitrogen and oxygen atoms in total. The number of hydrogen-bond acceptors (Lipinski definition) is 6. The molecule has 1 aromatic heterocycles. The van der Waals surface area contributed by atoms with Crippen LogP contribution in [0, 0.1) is 0 Å². The summed E-state index contributed by atoms with van der Waals surface area (Å²) in [7, 11) is 1.42. The van der Waals surface area contributed by atoms with Crippen LogP contribution in [0.5, 0.6) is 11.5 Å². The molecule has 8 heteroatoms. The molecule has 0 bridgehead atoms. The molecule has 128 valence electrons. The van der Waals surface area contributed by atoms with Gasteiger partial charge in [-0.1, -0.05) is 17.3 Å². The van der Waals surface area contributed by atoms with Crippen LogP contribution < -0.4 is 10.2 Å². The largest absolute Gasteiger partial charge is 0.504 e. The number of benzene rings is 2. The summed E-state index contributed by atoms with van der Waals surface area (Å²) in [6.07, 6.45) is 0. The summed E-state index contributed by atoms with van der Waals surface area (Å²) in [6.45, 7) is 2.19. The van der Waals surface area contributed by atoms with Crippen molar-refractivity contribution in [1.82, 2.24) is 20.4 Å². The molecule has 25 heavy (non-hydrogen) atoms. The first-order valence-corrected chi connectivity index (χ1v) is 7.57. The van der Waals surface area contributed by atoms with Gasteiger partial charge in [-0.05, 0) is 37.3 Å². The lowest BCUT2D eigenvalue weighted by Gasteiger charge is -2.06. The second-order valence-electron chi connectivity index (χ2n) is 5.41. The van der Waals surface area contributed by atoms with Crippen LogP contribution in [0.3, 0.4) is 0 Å². The Morgan fingerprint density at radius 3 is 2.92 bits per heavy atom. The van der Waals surface area contributed by atoms with E-state index in [4.69, 9.17) is 4.74 Å². The topological polar surface area (TPSA) is 102 Å². The molecule has 0 aliphatic carbocycles. The molecule has 0 atom stereocenters. The van der Waals surface area contributed by atoms with Gasteiger partial charge >= 0.3 is 0 Å². The van der Waals surface area contributed by atoms with Crippen LogP contribution in [0.1, 0.15) is 17.3 Å². The Morgan fingerprint density at radius 1 is 1.32 bits per heavy atom. The Labute approximate surface area is 143 Å². The van der Waals surface area contributed by atoms with E-state index >= 15 is 0 Å². The van der Waals surface area contributed by atoms with Gasteiger partial charge in [-0.2, -0.15) is 5.10 Å². The van der Waals surface area contributed by atoms with Crippen LogP contribution in [-0.4, -0.2) is 38.8 Å². The van der Waals surface area contributed by atoms with Crippen molar-refractivity contribution < 1.29 is 14.6 Å². The number of para-hydroxylation sites is 1. The van der Waals surface area contributed by atoms with Crippen molar-refractivity contribution in [3.63, 3.8) is 0 Å². The molecule has 2 aromatic carbocycles. The van der Waals surface area contributed by atoms with Gasteiger partial charge in [-0.3, -0.25) is 4.79 Å². The Hall–Kier alpha value is -3.42. The standard InChI is InChI=1S/C17H17N5O3/c1-11(10-22-14-6-4-3-5-13(14)19-21-22)18-20-17(24)12-7-8-15(23)16(9-12)25-2/h3-9,23H,10H2,1-2H3,(H,20,24)/b18-11-. The zero-order valence-electron chi connectivity index (χ0n) is 13.8. The van der Waals surface area contributed by atoms with E-state index in [9.17, 15) is 9.90 Å². The number of nitrogens with zero attached hydrogens (tertiary/aromatic N) is 4. The number of amides is 1. The molecule has 0 saturated carbocycles. The number of phenols is 1. The van der Waals surface area contributed by atoms with Gasteiger partial charge in [0.2, 0.25) is 0 Å². The first-order valence-electron chi connectivity index (χ1n) is 7.57. The normalized spacial score (nSPS) is 11.5. The number of hydrogen-bond donors (Lipinski definition) is 2. The third-order valence-electron chi connectivity index (χ3n) is 3.59. The van der Waals surface area contributed by atoms with Crippen molar-refractivity contribution in [3.8, 4) is 11.5 Å². The van der Waals surface area contributed by atoms with Gasteiger partial charge in [0.1, 0.15) is 5.52 Å². The number of carbonyl (C=O) groups excluding carboxylic acids is 1. The molecule has 2 N–H and O–H groups in total. The number of aromatic nitrogens is 3. The monoisotopic (exact) mass is 339 g/mol. The number of hydrazone groups is 1. The van der Waals surface area contributed by atoms with Gasteiger partial charge in [-0.15, -0.1) is 5.10 Å². The molecule has 0 aliphatic heterocycles. The van der Waals surface area contributed by atoms with E-state index in [1.807, 2.05) is 24.3 Å². The van der Waals surface area contributed by atoms with Crippen LogP contribution in [0.2, 0.25) is 0 Å². The Balaban J connectivity index is 1.69. The minimum atomic E-state index is -0.402. The molecular formula is C17H17N5O3. The fraction of sp³-hybridized carbons (Fsp3) is 0.176. The van der Waals surface area contributed by atoms with Gasteiger partial charge in [0, 0.05) is 5.56 Å². The minimum Gasteiger partial charge on any atom is -0.504 e. The summed E-state index contributed by atoms with van der Waals surface area (Å²) < 4.78 is 6.70. The van der Waals surface area contributed by atoms with E-state index < -0.39 is 5.91 Å². The number of ether oxygens (including phenoxy) is 1. The summed E-state index contributed by atoms with van der Waals surface area (Å²) in [6, 6.07) is 11.9. The summed E-state index contributed by atoms with van der Waals surface area (Å²) in [4.78, 5) is 12.2. The quantitative estimate of drug-likeness (QED) is 0.546. The molecule has 0 fully saturated rings. The number of rotatable bonds is 5. The molecule has 3 aromatic rings. The Kier molecular flexibility index (Phi) is 4.60. The fourth-order valence-corrected chi connectivity index (χ4v) is 2.32. The van der Waals surface area contributed by atoms with E-state index in [0.717, 1.165) is 11.0 Å². The number of phenolic OH excluding ortho intramolecular Hbond substituents is 1. The lowest BCUT2D eigenvalue weighted by atomic mass is 10.2. The minimum absolute atomic E-state index is 0.0307. The van der Waals surface area contributed by atoms with E-state index in [0.29, 0.717) is 17.8 Å². The summed E-state index contributed by atoms with van der Waals surface area (Å²) >= 11 is 0. The molecular weight excluding hydrogens is 322 g/mol. The maximum Gasteiger partial charge on any atom is 0.271 e. The lowest BCUT2D eigenvalue weighted by Crippen LogP contribution is -2.20. The van der Waals surface area contributed by atoms with E-state index in [1.165, 1.54) is 25.3 Å². The number of carbonyl (C=O) groups is 1. The van der Waals surface area contributed by atoms with E-state index in [2.05, 4.69) is 20.8 Å². The Bertz CT molecular complexity index is 948. The number of methoxy groups -OCH3 is 1. The Morgan fingerprint density at radius 2 is 2.12 bits per heavy atom. The summed E-state index contributed by atoms with van der Waals surface area (Å²) in [5, 5.41) is 21.8. The molecule has 0 aliphatic rings. The van der Waals surface area contributed by atoms with Crippen LogP contribution in [0.15, 0.2) is 47.6 Å². The lowest BCUT2D eigenvalue weighted by molar-refractivity contribution is 0.0954. The predicted octanol–water partition coefficient (Wildman–Crippen LogP) is 1.95. The van der Waals surface area contributed by atoms with Gasteiger partial charge in [-0.25, -0.2) is 10.1 Å². The molecule has 3 rings (SSSR count). The highest BCUT2D eigenvalue weighted by Crippen LogP contribution is 2.26. The molecule has 0 unspecified atom stereocenters. The number of nitrogens with one attached hydrogen (secondary N) is 1. The second kappa shape index (κ2) is 7.00. The van der Waals surface area contributed by atoms with Gasteiger partial charge in [0.05, 0.1) is 24.9 Å². The predicted molar refractivity (Wildman–Crippen MR) is 92.8 cm³/mol. The van der Waals surface area contributed by atoms with Crippen molar-refractivity contribution in [2.45, 2.75) is 13.5 Å². The van der Waals surface area contributed by atoms with Gasteiger partial charge in [0.25, 0.3) is 5.91 Å². The molecule has 1 heterocycles. The molecule has 0 spiro atoms. The average molecular weight is 339 g/mol. The first kappa shape index (κ1) is 16.4. The molecule has 1 amide bonds. The van der Waals surface area contributed by atoms with Crippen molar-refractivity contribution in [2.24, 2.45) is 5.10 Å². The van der Waals surface area contributed by atoms with Crippen molar-refractivity contribution in [2.75, 3.05) is 7.11 Å². The van der Waals surface area contributed by atoms with Crippen LogP contribution in [-0.2, 0) is 6.54 Å². The fourth-order valence-electron chi connectivity index (χ4n) is 2.32. The van der Waals surface area contributed by atoms with Crippen LogP contribution in [0.25, 0.3) is 11.0 Å². The summed E-state index contributed by atoms with van der Waals surface area (Å²) in [5.41, 5.74) is 5.17. The van der Waals surface area contributed by atoms with Gasteiger partial charge in [0.15, 0.2) is 11.5 Å². The van der Waals surface area contributed by atoms with Crippen molar-refractivity contribution in [1.29, 1.82) is 0 Å². The molecule has 0 saturated heterocycles. The SMILES string of the molecule is COc1cc(C(=O)N/N=C(/C)Cn2nnc3ccccc32)ccc1O. The zero-order valence-corrected chi connectivity index (χ0v) is 13.8.